The molecule has 1 aromatic carbocycles. The number of carboxylic acid groups (broad SMARTS) is 1. The minimum absolute atomic E-state index is 0.173. The van der Waals surface area contributed by atoms with Gasteiger partial charge in [0.1, 0.15) is 0 Å². The Morgan fingerprint density at radius 3 is 2.20 bits per heavy atom. The molecule has 1 unspecified atom stereocenters. The average Bonchev–Trinajstić information content (AvgIpc) is 2.36. The van der Waals surface area contributed by atoms with E-state index in [1.807, 2.05) is 13.8 Å². The molecule has 0 bridgehead atoms. The third kappa shape index (κ3) is 3.37. The Balaban J connectivity index is 3.43. The van der Waals surface area contributed by atoms with Gasteiger partial charge >= 0.3 is 5.97 Å². The van der Waals surface area contributed by atoms with E-state index < -0.39 is 11.9 Å². The summed E-state index contributed by atoms with van der Waals surface area (Å²) < 4.78 is 10.7. The Bertz CT molecular complexity index is 497. The van der Waals surface area contributed by atoms with Gasteiger partial charge in [0, 0.05) is 5.56 Å². The predicted molar refractivity (Wildman–Crippen MR) is 79.1 cm³/mol. The molecule has 0 aliphatic carbocycles. The summed E-state index contributed by atoms with van der Waals surface area (Å²) in [5.41, 5.74) is 1.83. The van der Waals surface area contributed by atoms with Crippen LogP contribution in [0.4, 0.5) is 0 Å². The highest BCUT2D eigenvalue weighted by molar-refractivity contribution is 6.32. The van der Waals surface area contributed by atoms with E-state index in [0.717, 1.165) is 11.1 Å². The molecule has 0 amide bonds. The number of methoxy groups -OCH3 is 2. The van der Waals surface area contributed by atoms with Crippen LogP contribution in [0, 0.1) is 5.92 Å². The first-order chi connectivity index (χ1) is 9.33. The molecular weight excluding hydrogens is 280 g/mol. The summed E-state index contributed by atoms with van der Waals surface area (Å²) in [7, 11) is 3.10. The fourth-order valence-corrected chi connectivity index (χ4v) is 2.58. The molecule has 0 spiro atoms. The van der Waals surface area contributed by atoms with Crippen molar-refractivity contribution in [3.63, 3.8) is 0 Å². The molecule has 4 nitrogen and oxygen atoms in total. The SMILES string of the molecule is COc1c(Cl)cc(CC(C)C(=O)O)c(C(C)C)c1OC. The number of rotatable bonds is 6. The summed E-state index contributed by atoms with van der Waals surface area (Å²) in [6.07, 6.45) is 0.406. The molecule has 1 aromatic rings. The number of carboxylic acids is 1. The van der Waals surface area contributed by atoms with Gasteiger partial charge in [-0.2, -0.15) is 0 Å². The second kappa shape index (κ2) is 6.84. The Morgan fingerprint density at radius 1 is 1.25 bits per heavy atom. The summed E-state index contributed by atoms with van der Waals surface area (Å²) in [4.78, 5) is 11.1. The highest BCUT2D eigenvalue weighted by Gasteiger charge is 2.23. The summed E-state index contributed by atoms with van der Waals surface area (Å²) in [5, 5.41) is 9.51. The first kappa shape index (κ1) is 16.6. The van der Waals surface area contributed by atoms with Crippen molar-refractivity contribution in [2.24, 2.45) is 5.92 Å². The van der Waals surface area contributed by atoms with Crippen LogP contribution in [-0.2, 0) is 11.2 Å². The smallest absolute Gasteiger partial charge is 0.306 e. The lowest BCUT2D eigenvalue weighted by molar-refractivity contribution is -0.141. The van der Waals surface area contributed by atoms with E-state index >= 15 is 0 Å². The van der Waals surface area contributed by atoms with Gasteiger partial charge in [0.2, 0.25) is 0 Å². The van der Waals surface area contributed by atoms with Gasteiger partial charge in [0.15, 0.2) is 11.5 Å². The summed E-state index contributed by atoms with van der Waals surface area (Å²) in [6, 6.07) is 1.78. The zero-order valence-electron chi connectivity index (χ0n) is 12.5. The maximum atomic E-state index is 11.1. The van der Waals surface area contributed by atoms with E-state index in [2.05, 4.69) is 0 Å². The molecule has 0 aliphatic rings. The monoisotopic (exact) mass is 300 g/mol. The van der Waals surface area contributed by atoms with E-state index in [4.69, 9.17) is 26.2 Å². The topological polar surface area (TPSA) is 55.8 Å². The van der Waals surface area contributed by atoms with Gasteiger partial charge in [0.25, 0.3) is 0 Å². The van der Waals surface area contributed by atoms with Crippen LogP contribution < -0.4 is 9.47 Å². The van der Waals surface area contributed by atoms with Gasteiger partial charge in [0.05, 0.1) is 25.2 Å². The zero-order chi connectivity index (χ0) is 15.4. The van der Waals surface area contributed by atoms with E-state index in [9.17, 15) is 4.79 Å². The number of carbonyl (C=O) groups is 1. The van der Waals surface area contributed by atoms with Crippen molar-refractivity contribution < 1.29 is 19.4 Å². The highest BCUT2D eigenvalue weighted by atomic mass is 35.5. The molecule has 20 heavy (non-hydrogen) atoms. The van der Waals surface area contributed by atoms with Gasteiger partial charge in [-0.1, -0.05) is 32.4 Å². The fraction of sp³-hybridized carbons (Fsp3) is 0.533. The van der Waals surface area contributed by atoms with Gasteiger partial charge in [-0.15, -0.1) is 0 Å². The molecule has 112 valence electrons. The van der Waals surface area contributed by atoms with Crippen LogP contribution in [0.5, 0.6) is 11.5 Å². The molecule has 5 heteroatoms. The summed E-state index contributed by atoms with van der Waals surface area (Å²) in [6.45, 7) is 5.73. The Kier molecular flexibility index (Phi) is 5.69. The fourth-order valence-electron chi connectivity index (χ4n) is 2.28. The van der Waals surface area contributed by atoms with E-state index in [1.54, 1.807) is 20.1 Å². The van der Waals surface area contributed by atoms with Gasteiger partial charge in [-0.25, -0.2) is 0 Å². The highest BCUT2D eigenvalue weighted by Crippen LogP contribution is 2.43. The van der Waals surface area contributed by atoms with Gasteiger partial charge < -0.3 is 14.6 Å². The third-order valence-electron chi connectivity index (χ3n) is 3.25. The number of hydrogen-bond donors (Lipinski definition) is 1. The number of benzene rings is 1. The minimum atomic E-state index is -0.828. The number of aliphatic carboxylic acids is 1. The van der Waals surface area contributed by atoms with Crippen molar-refractivity contribution >= 4 is 17.6 Å². The standard InChI is InChI=1S/C15H21ClO4/c1-8(2)12-10(6-9(3)15(17)18)7-11(16)13(19-4)14(12)20-5/h7-9H,6H2,1-5H3,(H,17,18). The van der Waals surface area contributed by atoms with Crippen LogP contribution in [0.25, 0.3) is 0 Å². The molecule has 1 atom stereocenters. The Labute approximate surface area is 124 Å². The van der Waals surface area contributed by atoms with Gasteiger partial charge in [-0.3, -0.25) is 4.79 Å². The van der Waals surface area contributed by atoms with Crippen LogP contribution >= 0.6 is 11.6 Å². The zero-order valence-corrected chi connectivity index (χ0v) is 13.2. The molecule has 0 saturated carbocycles. The lowest BCUT2D eigenvalue weighted by Crippen LogP contribution is -2.14. The van der Waals surface area contributed by atoms with Crippen molar-refractivity contribution in [1.82, 2.24) is 0 Å². The molecule has 1 rings (SSSR count). The molecule has 0 heterocycles. The summed E-state index contributed by atoms with van der Waals surface area (Å²) in [5.74, 6) is -0.0634. The van der Waals surface area contributed by atoms with Gasteiger partial charge in [-0.05, 0) is 24.0 Å². The lowest BCUT2D eigenvalue weighted by atomic mass is 9.90. The molecule has 0 radical (unpaired) electrons. The Hall–Kier alpha value is -1.42. The van der Waals surface area contributed by atoms with Crippen molar-refractivity contribution in [3.8, 4) is 11.5 Å². The average molecular weight is 301 g/mol. The predicted octanol–water partition coefficient (Wildman–Crippen LogP) is 3.74. The first-order valence-electron chi connectivity index (χ1n) is 6.49. The van der Waals surface area contributed by atoms with E-state index in [1.165, 1.54) is 7.11 Å². The first-order valence-corrected chi connectivity index (χ1v) is 6.87. The summed E-state index contributed by atoms with van der Waals surface area (Å²) >= 11 is 6.20. The molecule has 0 aliphatic heterocycles. The molecule has 0 fully saturated rings. The maximum Gasteiger partial charge on any atom is 0.306 e. The van der Waals surface area contributed by atoms with Crippen molar-refractivity contribution in [3.05, 3.63) is 22.2 Å². The second-order valence-electron chi connectivity index (χ2n) is 5.10. The van der Waals surface area contributed by atoms with Crippen LogP contribution in [0.15, 0.2) is 6.07 Å². The lowest BCUT2D eigenvalue weighted by Gasteiger charge is -2.21. The number of hydrogen-bond acceptors (Lipinski definition) is 3. The van der Waals surface area contributed by atoms with Crippen molar-refractivity contribution in [2.75, 3.05) is 14.2 Å². The maximum absolute atomic E-state index is 11.1. The molecule has 1 N–H and O–H groups in total. The number of halogens is 1. The molecule has 0 saturated heterocycles. The second-order valence-corrected chi connectivity index (χ2v) is 5.50. The third-order valence-corrected chi connectivity index (χ3v) is 3.53. The van der Waals surface area contributed by atoms with Crippen LogP contribution in [-0.4, -0.2) is 25.3 Å². The largest absolute Gasteiger partial charge is 0.492 e. The molecule has 0 aromatic heterocycles. The van der Waals surface area contributed by atoms with Crippen LogP contribution in [0.2, 0.25) is 5.02 Å². The van der Waals surface area contributed by atoms with Crippen molar-refractivity contribution in [2.45, 2.75) is 33.1 Å². The van der Waals surface area contributed by atoms with Crippen molar-refractivity contribution in [1.29, 1.82) is 0 Å². The minimum Gasteiger partial charge on any atom is -0.492 e. The van der Waals surface area contributed by atoms with Crippen LogP contribution in [0.3, 0.4) is 0 Å². The quantitative estimate of drug-likeness (QED) is 0.869. The Morgan fingerprint density at radius 2 is 1.80 bits per heavy atom. The molecular formula is C15H21ClO4. The van der Waals surface area contributed by atoms with E-state index in [-0.39, 0.29) is 5.92 Å². The van der Waals surface area contributed by atoms with E-state index in [0.29, 0.717) is 22.9 Å². The number of ether oxygens (including phenoxy) is 2. The normalized spacial score (nSPS) is 12.3. The van der Waals surface area contributed by atoms with Crippen LogP contribution in [0.1, 0.15) is 37.8 Å².